The molecule has 0 atom stereocenters. The van der Waals surface area contributed by atoms with Crippen LogP contribution in [-0.4, -0.2) is 60.2 Å². The Labute approximate surface area is 99.6 Å². The standard InChI is InChI=1S/C11H16FN5/c12-9-5-14-11(15-6-9)17-7-10(8-17)16-3-1-13-2-4-16/h5-6,10,13H,1-4,7-8H2. The van der Waals surface area contributed by atoms with E-state index in [0.29, 0.717) is 12.0 Å². The molecule has 2 aliphatic heterocycles. The largest absolute Gasteiger partial charge is 0.338 e. The van der Waals surface area contributed by atoms with Crippen molar-refractivity contribution in [3.63, 3.8) is 0 Å². The Morgan fingerprint density at radius 2 is 1.82 bits per heavy atom. The summed E-state index contributed by atoms with van der Waals surface area (Å²) in [7, 11) is 0. The molecule has 0 bridgehead atoms. The van der Waals surface area contributed by atoms with Gasteiger partial charge in [0.25, 0.3) is 0 Å². The lowest BCUT2D eigenvalue weighted by atomic mass is 10.1. The van der Waals surface area contributed by atoms with Crippen molar-refractivity contribution in [1.29, 1.82) is 0 Å². The van der Waals surface area contributed by atoms with Crippen molar-refractivity contribution in [1.82, 2.24) is 20.2 Å². The molecule has 1 N–H and O–H groups in total. The van der Waals surface area contributed by atoms with E-state index in [9.17, 15) is 4.39 Å². The van der Waals surface area contributed by atoms with Gasteiger partial charge in [0.1, 0.15) is 0 Å². The predicted octanol–water partition coefficient (Wildman–Crippen LogP) is -0.290. The Morgan fingerprint density at radius 3 is 2.47 bits per heavy atom. The number of aromatic nitrogens is 2. The molecule has 0 aromatic carbocycles. The number of nitrogens with one attached hydrogen (secondary N) is 1. The summed E-state index contributed by atoms with van der Waals surface area (Å²) in [6, 6.07) is 0.603. The van der Waals surface area contributed by atoms with Crippen molar-refractivity contribution in [3.8, 4) is 0 Å². The van der Waals surface area contributed by atoms with Crippen LogP contribution in [0.15, 0.2) is 12.4 Å². The topological polar surface area (TPSA) is 44.3 Å². The van der Waals surface area contributed by atoms with Crippen LogP contribution in [0.3, 0.4) is 0 Å². The quantitative estimate of drug-likeness (QED) is 0.766. The lowest BCUT2D eigenvalue weighted by Crippen LogP contribution is -2.63. The van der Waals surface area contributed by atoms with Gasteiger partial charge in [-0.05, 0) is 0 Å². The predicted molar refractivity (Wildman–Crippen MR) is 62.4 cm³/mol. The van der Waals surface area contributed by atoms with Crippen LogP contribution < -0.4 is 10.2 Å². The maximum atomic E-state index is 12.7. The molecule has 6 heteroatoms. The van der Waals surface area contributed by atoms with E-state index >= 15 is 0 Å². The van der Waals surface area contributed by atoms with Crippen LogP contribution >= 0.6 is 0 Å². The smallest absolute Gasteiger partial charge is 0.225 e. The normalized spacial score (nSPS) is 22.5. The molecule has 92 valence electrons. The second-order valence-electron chi connectivity index (χ2n) is 4.55. The fourth-order valence-corrected chi connectivity index (χ4v) is 2.37. The summed E-state index contributed by atoms with van der Waals surface area (Å²) in [5, 5.41) is 3.35. The number of hydrogen-bond donors (Lipinski definition) is 1. The van der Waals surface area contributed by atoms with Gasteiger partial charge in [-0.15, -0.1) is 0 Å². The van der Waals surface area contributed by atoms with Gasteiger partial charge in [-0.1, -0.05) is 0 Å². The van der Waals surface area contributed by atoms with E-state index in [-0.39, 0.29) is 5.82 Å². The van der Waals surface area contributed by atoms with Gasteiger partial charge in [0.05, 0.1) is 12.4 Å². The number of rotatable bonds is 2. The van der Waals surface area contributed by atoms with Gasteiger partial charge < -0.3 is 10.2 Å². The molecule has 0 aliphatic carbocycles. The highest BCUT2D eigenvalue weighted by atomic mass is 19.1. The molecule has 0 radical (unpaired) electrons. The van der Waals surface area contributed by atoms with Crippen molar-refractivity contribution < 1.29 is 4.39 Å². The van der Waals surface area contributed by atoms with Crippen molar-refractivity contribution in [2.75, 3.05) is 44.2 Å². The molecule has 2 fully saturated rings. The maximum Gasteiger partial charge on any atom is 0.225 e. The number of anilines is 1. The zero-order chi connectivity index (χ0) is 11.7. The fourth-order valence-electron chi connectivity index (χ4n) is 2.37. The van der Waals surface area contributed by atoms with E-state index in [2.05, 4.69) is 25.1 Å². The van der Waals surface area contributed by atoms with Crippen molar-refractivity contribution in [3.05, 3.63) is 18.2 Å². The molecule has 2 aliphatic rings. The third kappa shape index (κ3) is 2.23. The second-order valence-corrected chi connectivity index (χ2v) is 4.55. The Kier molecular flexibility index (Phi) is 2.90. The summed E-state index contributed by atoms with van der Waals surface area (Å²) in [6.07, 6.45) is 2.45. The first-order valence-corrected chi connectivity index (χ1v) is 6.00. The minimum atomic E-state index is -0.382. The number of piperazine rings is 1. The third-order valence-electron chi connectivity index (χ3n) is 3.42. The molecule has 5 nitrogen and oxygen atoms in total. The zero-order valence-electron chi connectivity index (χ0n) is 9.64. The lowest BCUT2D eigenvalue weighted by Gasteiger charge is -2.46. The van der Waals surface area contributed by atoms with Crippen LogP contribution in [0.25, 0.3) is 0 Å². The molecule has 0 spiro atoms. The highest BCUT2D eigenvalue weighted by Gasteiger charge is 2.33. The first kappa shape index (κ1) is 10.9. The third-order valence-corrected chi connectivity index (χ3v) is 3.42. The Balaban J connectivity index is 1.55. The summed E-state index contributed by atoms with van der Waals surface area (Å²) in [6.45, 7) is 6.27. The molecular formula is C11H16FN5. The molecule has 3 heterocycles. The average Bonchev–Trinajstić information content (AvgIpc) is 2.31. The highest BCUT2D eigenvalue weighted by molar-refractivity contribution is 5.34. The van der Waals surface area contributed by atoms with Gasteiger partial charge in [0.2, 0.25) is 5.95 Å². The summed E-state index contributed by atoms with van der Waals surface area (Å²) >= 11 is 0. The Morgan fingerprint density at radius 1 is 1.18 bits per heavy atom. The van der Waals surface area contributed by atoms with E-state index in [4.69, 9.17) is 0 Å². The summed E-state index contributed by atoms with van der Waals surface area (Å²) < 4.78 is 12.7. The Hall–Kier alpha value is -1.27. The van der Waals surface area contributed by atoms with E-state index in [1.54, 1.807) is 0 Å². The van der Waals surface area contributed by atoms with E-state index in [1.165, 1.54) is 12.4 Å². The average molecular weight is 237 g/mol. The SMILES string of the molecule is Fc1cnc(N2CC(N3CCNCC3)C2)nc1. The first-order valence-electron chi connectivity index (χ1n) is 6.00. The van der Waals surface area contributed by atoms with Gasteiger partial charge in [-0.25, -0.2) is 14.4 Å². The van der Waals surface area contributed by atoms with Crippen LogP contribution in [0.1, 0.15) is 0 Å². The molecule has 1 aromatic heterocycles. The van der Waals surface area contributed by atoms with Crippen LogP contribution in [0.4, 0.5) is 10.3 Å². The summed E-state index contributed by atoms with van der Waals surface area (Å²) in [5.74, 6) is 0.255. The van der Waals surface area contributed by atoms with Gasteiger partial charge in [0.15, 0.2) is 5.82 Å². The minimum Gasteiger partial charge on any atom is -0.338 e. The van der Waals surface area contributed by atoms with Crippen molar-refractivity contribution in [2.24, 2.45) is 0 Å². The van der Waals surface area contributed by atoms with Crippen LogP contribution in [-0.2, 0) is 0 Å². The molecule has 17 heavy (non-hydrogen) atoms. The van der Waals surface area contributed by atoms with E-state index in [1.807, 2.05) is 0 Å². The monoisotopic (exact) mass is 237 g/mol. The minimum absolute atomic E-state index is 0.382. The first-order chi connectivity index (χ1) is 8.33. The fraction of sp³-hybridized carbons (Fsp3) is 0.636. The molecule has 0 saturated carbocycles. The molecule has 2 saturated heterocycles. The van der Waals surface area contributed by atoms with Crippen molar-refractivity contribution >= 4 is 5.95 Å². The molecule has 1 aromatic rings. The maximum absolute atomic E-state index is 12.7. The van der Waals surface area contributed by atoms with Crippen LogP contribution in [0.5, 0.6) is 0 Å². The zero-order valence-corrected chi connectivity index (χ0v) is 9.64. The summed E-state index contributed by atoms with van der Waals surface area (Å²) in [4.78, 5) is 12.6. The number of halogens is 1. The highest BCUT2D eigenvalue weighted by Crippen LogP contribution is 2.20. The second kappa shape index (κ2) is 4.54. The van der Waals surface area contributed by atoms with Gasteiger partial charge in [-0.2, -0.15) is 0 Å². The van der Waals surface area contributed by atoms with Crippen LogP contribution in [0, 0.1) is 5.82 Å². The molecular weight excluding hydrogens is 221 g/mol. The molecule has 3 rings (SSSR count). The molecule has 0 unspecified atom stereocenters. The molecule has 0 amide bonds. The summed E-state index contributed by atoms with van der Waals surface area (Å²) in [5.41, 5.74) is 0. The number of hydrogen-bond acceptors (Lipinski definition) is 5. The van der Waals surface area contributed by atoms with E-state index in [0.717, 1.165) is 39.3 Å². The van der Waals surface area contributed by atoms with Crippen LogP contribution in [0.2, 0.25) is 0 Å². The van der Waals surface area contributed by atoms with Gasteiger partial charge in [-0.3, -0.25) is 4.90 Å². The Bertz CT molecular complexity index is 370. The van der Waals surface area contributed by atoms with Crippen molar-refractivity contribution in [2.45, 2.75) is 6.04 Å². The lowest BCUT2D eigenvalue weighted by molar-refractivity contribution is 0.146. The number of nitrogens with zero attached hydrogens (tertiary/aromatic N) is 4. The van der Waals surface area contributed by atoms with Gasteiger partial charge in [0, 0.05) is 45.3 Å². The van der Waals surface area contributed by atoms with E-state index < -0.39 is 0 Å². The van der Waals surface area contributed by atoms with Gasteiger partial charge >= 0.3 is 0 Å².